The van der Waals surface area contributed by atoms with Gasteiger partial charge in [0, 0.05) is 18.3 Å². The van der Waals surface area contributed by atoms with E-state index in [1.165, 1.54) is 0 Å². The number of aromatic nitrogens is 1. The van der Waals surface area contributed by atoms with Crippen LogP contribution in [0.1, 0.15) is 25.7 Å². The molecule has 26 heavy (non-hydrogen) atoms. The third-order valence-corrected chi connectivity index (χ3v) is 4.39. The highest BCUT2D eigenvalue weighted by molar-refractivity contribution is 5.77. The molecule has 0 saturated heterocycles. The summed E-state index contributed by atoms with van der Waals surface area (Å²) in [6.45, 7) is -0.0231. The molecule has 1 heterocycles. The van der Waals surface area contributed by atoms with Crippen molar-refractivity contribution in [3.63, 3.8) is 0 Å². The smallest absolute Gasteiger partial charge is 0.258 e. The average molecular weight is 356 g/mol. The maximum absolute atomic E-state index is 12.1. The Bertz CT molecular complexity index is 700. The van der Waals surface area contributed by atoms with E-state index in [1.807, 2.05) is 30.3 Å². The number of hydrogen-bond acceptors (Lipinski definition) is 5. The van der Waals surface area contributed by atoms with Crippen molar-refractivity contribution >= 4 is 5.91 Å². The average Bonchev–Trinajstić information content (AvgIpc) is 2.69. The summed E-state index contributed by atoms with van der Waals surface area (Å²) in [5.41, 5.74) is 0. The minimum atomic E-state index is -0.120. The first-order valence-corrected chi connectivity index (χ1v) is 8.87. The second-order valence-electron chi connectivity index (χ2n) is 6.27. The van der Waals surface area contributed by atoms with E-state index in [1.54, 1.807) is 25.4 Å². The summed E-state index contributed by atoms with van der Waals surface area (Å²) in [4.78, 5) is 16.3. The van der Waals surface area contributed by atoms with Gasteiger partial charge in [-0.05, 0) is 43.9 Å². The van der Waals surface area contributed by atoms with Gasteiger partial charge in [0.2, 0.25) is 5.88 Å². The Hall–Kier alpha value is -2.76. The van der Waals surface area contributed by atoms with Gasteiger partial charge in [-0.25, -0.2) is 4.98 Å². The molecule has 6 nitrogen and oxygen atoms in total. The van der Waals surface area contributed by atoms with Gasteiger partial charge in [0.05, 0.1) is 7.11 Å². The van der Waals surface area contributed by atoms with Crippen LogP contribution in [-0.4, -0.2) is 36.8 Å². The Morgan fingerprint density at radius 3 is 2.50 bits per heavy atom. The van der Waals surface area contributed by atoms with Gasteiger partial charge in [-0.1, -0.05) is 18.2 Å². The normalized spacial score (nSPS) is 19.4. The highest BCUT2D eigenvalue weighted by Crippen LogP contribution is 2.26. The van der Waals surface area contributed by atoms with Crippen LogP contribution in [0, 0.1) is 0 Å². The molecule has 3 rings (SSSR count). The van der Waals surface area contributed by atoms with Crippen molar-refractivity contribution in [1.29, 1.82) is 0 Å². The lowest BCUT2D eigenvalue weighted by molar-refractivity contribution is -0.124. The van der Waals surface area contributed by atoms with Crippen molar-refractivity contribution in [3.8, 4) is 17.4 Å². The standard InChI is InChI=1S/C20H24N2O4/c1-24-17-6-2-3-7-18(17)25-14-19(23)22-15-9-11-16(12-10-15)26-20-8-4-5-13-21-20/h2-8,13,15-16H,9-12,14H2,1H3,(H,22,23). The number of para-hydroxylation sites is 2. The molecule has 2 aromatic rings. The number of pyridine rings is 1. The molecular formula is C20H24N2O4. The molecule has 1 aliphatic rings. The van der Waals surface area contributed by atoms with Gasteiger partial charge in [0.15, 0.2) is 18.1 Å². The van der Waals surface area contributed by atoms with E-state index in [0.29, 0.717) is 17.4 Å². The van der Waals surface area contributed by atoms with Gasteiger partial charge < -0.3 is 19.5 Å². The van der Waals surface area contributed by atoms with Crippen LogP contribution >= 0.6 is 0 Å². The van der Waals surface area contributed by atoms with Gasteiger partial charge in [-0.3, -0.25) is 4.79 Å². The molecule has 0 spiro atoms. The number of ether oxygens (including phenoxy) is 3. The van der Waals surface area contributed by atoms with E-state index in [0.717, 1.165) is 25.7 Å². The van der Waals surface area contributed by atoms with Crippen LogP contribution < -0.4 is 19.5 Å². The predicted octanol–water partition coefficient (Wildman–Crippen LogP) is 2.98. The molecule has 1 amide bonds. The van der Waals surface area contributed by atoms with E-state index in [2.05, 4.69) is 10.3 Å². The molecule has 1 N–H and O–H groups in total. The Morgan fingerprint density at radius 2 is 1.81 bits per heavy atom. The summed E-state index contributed by atoms with van der Waals surface area (Å²) in [5, 5.41) is 3.04. The summed E-state index contributed by atoms with van der Waals surface area (Å²) < 4.78 is 16.7. The molecule has 138 valence electrons. The van der Waals surface area contributed by atoms with Crippen molar-refractivity contribution < 1.29 is 19.0 Å². The molecule has 0 radical (unpaired) electrons. The number of carbonyl (C=O) groups excluding carboxylic acids is 1. The minimum Gasteiger partial charge on any atom is -0.493 e. The zero-order valence-electron chi connectivity index (χ0n) is 14.9. The first-order chi connectivity index (χ1) is 12.7. The predicted molar refractivity (Wildman–Crippen MR) is 97.5 cm³/mol. The zero-order valence-corrected chi connectivity index (χ0v) is 14.9. The first-order valence-electron chi connectivity index (χ1n) is 8.87. The minimum absolute atomic E-state index is 0.0231. The number of methoxy groups -OCH3 is 1. The van der Waals surface area contributed by atoms with Crippen LogP contribution in [0.25, 0.3) is 0 Å². The largest absolute Gasteiger partial charge is 0.493 e. The summed E-state index contributed by atoms with van der Waals surface area (Å²) in [7, 11) is 1.58. The van der Waals surface area contributed by atoms with Crippen LogP contribution in [-0.2, 0) is 4.79 Å². The highest BCUT2D eigenvalue weighted by atomic mass is 16.5. The summed E-state index contributed by atoms with van der Waals surface area (Å²) in [6, 6.07) is 13.1. The lowest BCUT2D eigenvalue weighted by Gasteiger charge is -2.29. The SMILES string of the molecule is COc1ccccc1OCC(=O)NC1CCC(Oc2ccccn2)CC1. The van der Waals surface area contributed by atoms with Gasteiger partial charge in [-0.15, -0.1) is 0 Å². The summed E-state index contributed by atoms with van der Waals surface area (Å²) in [5.74, 6) is 1.72. The van der Waals surface area contributed by atoms with Gasteiger partial charge in [0.25, 0.3) is 5.91 Å². The van der Waals surface area contributed by atoms with E-state index >= 15 is 0 Å². The third kappa shape index (κ3) is 5.12. The van der Waals surface area contributed by atoms with E-state index in [-0.39, 0.29) is 24.7 Å². The van der Waals surface area contributed by atoms with Crippen LogP contribution in [0.4, 0.5) is 0 Å². The highest BCUT2D eigenvalue weighted by Gasteiger charge is 2.24. The molecule has 0 aliphatic heterocycles. The lowest BCUT2D eigenvalue weighted by atomic mass is 9.93. The van der Waals surface area contributed by atoms with E-state index in [4.69, 9.17) is 14.2 Å². The molecule has 1 fully saturated rings. The van der Waals surface area contributed by atoms with E-state index < -0.39 is 0 Å². The number of nitrogens with zero attached hydrogens (tertiary/aromatic N) is 1. The first kappa shape index (κ1) is 18.0. The number of rotatable bonds is 7. The molecule has 0 atom stereocenters. The van der Waals surface area contributed by atoms with Crippen molar-refractivity contribution in [3.05, 3.63) is 48.7 Å². The quantitative estimate of drug-likeness (QED) is 0.826. The molecular weight excluding hydrogens is 332 g/mol. The van der Waals surface area contributed by atoms with Crippen LogP contribution in [0.15, 0.2) is 48.7 Å². The number of nitrogens with one attached hydrogen (secondary N) is 1. The van der Waals surface area contributed by atoms with Gasteiger partial charge in [0.1, 0.15) is 6.10 Å². The van der Waals surface area contributed by atoms with Gasteiger partial charge in [-0.2, -0.15) is 0 Å². The third-order valence-electron chi connectivity index (χ3n) is 4.39. The second-order valence-corrected chi connectivity index (χ2v) is 6.27. The van der Waals surface area contributed by atoms with Crippen molar-refractivity contribution in [2.75, 3.05) is 13.7 Å². The molecule has 1 aliphatic carbocycles. The fourth-order valence-electron chi connectivity index (χ4n) is 3.06. The van der Waals surface area contributed by atoms with Crippen LogP contribution in [0.5, 0.6) is 17.4 Å². The molecule has 1 saturated carbocycles. The molecule has 1 aromatic heterocycles. The Balaban J connectivity index is 1.39. The molecule has 6 heteroatoms. The van der Waals surface area contributed by atoms with E-state index in [9.17, 15) is 4.79 Å². The summed E-state index contributed by atoms with van der Waals surface area (Å²) in [6.07, 6.45) is 5.45. The second kappa shape index (κ2) is 9.08. The fourth-order valence-corrected chi connectivity index (χ4v) is 3.06. The topological polar surface area (TPSA) is 69.7 Å². The number of amides is 1. The Labute approximate surface area is 153 Å². The summed E-state index contributed by atoms with van der Waals surface area (Å²) >= 11 is 0. The van der Waals surface area contributed by atoms with Crippen molar-refractivity contribution in [2.45, 2.75) is 37.8 Å². The molecule has 1 aromatic carbocycles. The molecule has 0 bridgehead atoms. The number of carbonyl (C=O) groups is 1. The fraction of sp³-hybridized carbons (Fsp3) is 0.400. The van der Waals surface area contributed by atoms with Gasteiger partial charge >= 0.3 is 0 Å². The van der Waals surface area contributed by atoms with Crippen LogP contribution in [0.2, 0.25) is 0 Å². The monoisotopic (exact) mass is 356 g/mol. The number of benzene rings is 1. The lowest BCUT2D eigenvalue weighted by Crippen LogP contribution is -2.41. The Morgan fingerprint density at radius 1 is 1.08 bits per heavy atom. The maximum atomic E-state index is 12.1. The molecule has 0 unspecified atom stereocenters. The number of hydrogen-bond donors (Lipinski definition) is 1. The zero-order chi connectivity index (χ0) is 18.2. The Kier molecular flexibility index (Phi) is 6.30. The van der Waals surface area contributed by atoms with Crippen molar-refractivity contribution in [2.24, 2.45) is 0 Å². The van der Waals surface area contributed by atoms with Crippen LogP contribution in [0.3, 0.4) is 0 Å². The maximum Gasteiger partial charge on any atom is 0.258 e. The van der Waals surface area contributed by atoms with Crippen molar-refractivity contribution in [1.82, 2.24) is 10.3 Å².